The van der Waals surface area contributed by atoms with Gasteiger partial charge in [-0.15, -0.1) is 0 Å². The van der Waals surface area contributed by atoms with Crippen molar-refractivity contribution in [1.82, 2.24) is 19.3 Å². The van der Waals surface area contributed by atoms with Crippen LogP contribution in [0.1, 0.15) is 39.7 Å². The molecule has 1 saturated heterocycles. The van der Waals surface area contributed by atoms with Crippen LogP contribution in [0.3, 0.4) is 0 Å². The van der Waals surface area contributed by atoms with Crippen LogP contribution in [0, 0.1) is 0 Å². The molecule has 2 aromatic heterocycles. The highest BCUT2D eigenvalue weighted by atomic mass is 35.5. The first-order valence-electron chi connectivity index (χ1n) is 9.50. The van der Waals surface area contributed by atoms with Crippen molar-refractivity contribution < 1.29 is 0 Å². The number of piperidine rings is 1. The third-order valence-corrected chi connectivity index (χ3v) is 5.69. The Morgan fingerprint density at radius 3 is 2.50 bits per heavy atom. The molecule has 4 rings (SSSR count). The van der Waals surface area contributed by atoms with Crippen molar-refractivity contribution in [2.75, 3.05) is 18.0 Å². The van der Waals surface area contributed by atoms with E-state index in [2.05, 4.69) is 15.0 Å². The second-order valence-corrected chi connectivity index (χ2v) is 8.65. The van der Waals surface area contributed by atoms with Crippen molar-refractivity contribution in [3.05, 3.63) is 56.3 Å². The third kappa shape index (κ3) is 3.13. The number of hydrogen-bond acceptors (Lipinski definition) is 4. The number of nitrogens with one attached hydrogen (secondary N) is 1. The maximum absolute atomic E-state index is 12.6. The van der Waals surface area contributed by atoms with Gasteiger partial charge < -0.3 is 9.88 Å². The molecule has 1 aromatic carbocycles. The van der Waals surface area contributed by atoms with Crippen molar-refractivity contribution in [1.29, 1.82) is 0 Å². The Labute approximate surface area is 167 Å². The molecule has 0 radical (unpaired) electrons. The summed E-state index contributed by atoms with van der Waals surface area (Å²) >= 11 is 6.40. The van der Waals surface area contributed by atoms with E-state index in [0.717, 1.165) is 23.9 Å². The second-order valence-electron chi connectivity index (χ2n) is 8.27. The lowest BCUT2D eigenvalue weighted by Crippen LogP contribution is -2.40. The molecule has 0 bridgehead atoms. The number of rotatable bonds is 2. The summed E-state index contributed by atoms with van der Waals surface area (Å²) in [6.07, 6.45) is 3.26. The number of imidazole rings is 1. The summed E-state index contributed by atoms with van der Waals surface area (Å²) in [7, 11) is 0. The summed E-state index contributed by atoms with van der Waals surface area (Å²) in [5.74, 6) is 0. The summed E-state index contributed by atoms with van der Waals surface area (Å²) in [4.78, 5) is 30.1. The molecule has 3 heterocycles. The van der Waals surface area contributed by atoms with Crippen LogP contribution in [0.2, 0.25) is 5.02 Å². The zero-order chi connectivity index (χ0) is 20.1. The minimum atomic E-state index is -0.428. The Bertz CT molecular complexity index is 1130. The van der Waals surface area contributed by atoms with Crippen molar-refractivity contribution in [3.63, 3.8) is 0 Å². The monoisotopic (exact) mass is 401 g/mol. The van der Waals surface area contributed by atoms with Crippen LogP contribution in [0.25, 0.3) is 11.0 Å². The molecule has 0 amide bonds. The van der Waals surface area contributed by atoms with E-state index in [0.29, 0.717) is 18.8 Å². The highest BCUT2D eigenvalue weighted by Gasteiger charge is 2.27. The first-order valence-corrected chi connectivity index (χ1v) is 9.87. The van der Waals surface area contributed by atoms with Gasteiger partial charge >= 0.3 is 5.69 Å². The normalized spacial score (nSPS) is 16.1. The Hall–Kier alpha value is -2.54. The molecule has 0 unspecified atom stereocenters. The van der Waals surface area contributed by atoms with E-state index in [1.165, 1.54) is 4.68 Å². The van der Waals surface area contributed by atoms with E-state index < -0.39 is 5.54 Å². The Balaban J connectivity index is 1.58. The maximum atomic E-state index is 12.6. The molecule has 28 heavy (non-hydrogen) atoms. The van der Waals surface area contributed by atoms with Crippen molar-refractivity contribution in [3.8, 4) is 0 Å². The van der Waals surface area contributed by atoms with Gasteiger partial charge in [0.05, 0.1) is 28.5 Å². The molecular weight excluding hydrogens is 378 g/mol. The molecular formula is C20H24ClN5O2. The van der Waals surface area contributed by atoms with E-state index in [1.807, 2.05) is 49.6 Å². The number of halogens is 1. The van der Waals surface area contributed by atoms with Gasteiger partial charge in [-0.3, -0.25) is 9.36 Å². The largest absolute Gasteiger partial charge is 0.369 e. The molecule has 1 N–H and O–H groups in total. The fourth-order valence-corrected chi connectivity index (χ4v) is 4.17. The van der Waals surface area contributed by atoms with Crippen molar-refractivity contribution >= 4 is 28.3 Å². The van der Waals surface area contributed by atoms with Crippen LogP contribution < -0.4 is 16.1 Å². The first-order chi connectivity index (χ1) is 13.3. The van der Waals surface area contributed by atoms with E-state index in [-0.39, 0.29) is 22.3 Å². The number of aromatic nitrogens is 4. The lowest BCUT2D eigenvalue weighted by Gasteiger charge is -2.34. The maximum Gasteiger partial charge on any atom is 0.326 e. The summed E-state index contributed by atoms with van der Waals surface area (Å²) in [5, 5.41) is 4.53. The molecule has 0 spiro atoms. The Morgan fingerprint density at radius 1 is 1.14 bits per heavy atom. The molecule has 0 atom stereocenters. The number of benzene rings is 1. The summed E-state index contributed by atoms with van der Waals surface area (Å²) in [5.41, 5.74) is 1.67. The average Bonchev–Trinajstić information content (AvgIpc) is 2.99. The van der Waals surface area contributed by atoms with Gasteiger partial charge in [-0.05, 0) is 45.7 Å². The van der Waals surface area contributed by atoms with Gasteiger partial charge in [-0.1, -0.05) is 23.7 Å². The molecule has 7 nitrogen and oxygen atoms in total. The van der Waals surface area contributed by atoms with E-state index in [4.69, 9.17) is 11.6 Å². The molecule has 1 aliphatic rings. The predicted molar refractivity (Wildman–Crippen MR) is 112 cm³/mol. The van der Waals surface area contributed by atoms with Gasteiger partial charge in [0.1, 0.15) is 5.02 Å². The highest BCUT2D eigenvalue weighted by Crippen LogP contribution is 2.30. The topological polar surface area (TPSA) is 75.9 Å². The lowest BCUT2D eigenvalue weighted by atomic mass is 10.0. The van der Waals surface area contributed by atoms with Gasteiger partial charge in [0, 0.05) is 19.1 Å². The second kappa shape index (κ2) is 6.81. The summed E-state index contributed by atoms with van der Waals surface area (Å²) < 4.78 is 3.27. The first kappa shape index (κ1) is 18.8. The smallest absolute Gasteiger partial charge is 0.326 e. The van der Waals surface area contributed by atoms with Crippen LogP contribution in [-0.2, 0) is 5.54 Å². The minimum absolute atomic E-state index is 0.0767. The van der Waals surface area contributed by atoms with Gasteiger partial charge in [0.2, 0.25) is 0 Å². The molecule has 0 saturated carbocycles. The van der Waals surface area contributed by atoms with Crippen molar-refractivity contribution in [2.24, 2.45) is 0 Å². The van der Waals surface area contributed by atoms with Crippen LogP contribution in [0.4, 0.5) is 5.69 Å². The quantitative estimate of drug-likeness (QED) is 0.715. The van der Waals surface area contributed by atoms with Gasteiger partial charge in [0.15, 0.2) is 0 Å². The standard InChI is InChI=1S/C20H24ClN5O2/c1-20(2,3)26-18(27)17(21)16(12-22-26)24-10-8-13(9-11-24)25-15-7-5-4-6-14(15)23-19(25)28/h4-7,12-13H,8-11H2,1-3H3,(H,23,28). The molecule has 1 fully saturated rings. The van der Waals surface area contributed by atoms with Gasteiger partial charge in [0.25, 0.3) is 5.56 Å². The highest BCUT2D eigenvalue weighted by molar-refractivity contribution is 6.33. The summed E-state index contributed by atoms with van der Waals surface area (Å²) in [6.45, 7) is 7.17. The van der Waals surface area contributed by atoms with E-state index in [9.17, 15) is 9.59 Å². The van der Waals surface area contributed by atoms with Crippen molar-refractivity contribution in [2.45, 2.75) is 45.2 Å². The van der Waals surface area contributed by atoms with E-state index in [1.54, 1.807) is 6.20 Å². The van der Waals surface area contributed by atoms with Crippen LogP contribution in [-0.4, -0.2) is 32.4 Å². The minimum Gasteiger partial charge on any atom is -0.369 e. The number of nitrogens with zero attached hydrogens (tertiary/aromatic N) is 4. The Kier molecular flexibility index (Phi) is 4.57. The molecule has 3 aromatic rings. The number of anilines is 1. The number of para-hydroxylation sites is 2. The number of H-pyrrole nitrogens is 1. The number of aromatic amines is 1. The molecule has 1 aliphatic heterocycles. The van der Waals surface area contributed by atoms with E-state index >= 15 is 0 Å². The lowest BCUT2D eigenvalue weighted by molar-refractivity contribution is 0.337. The van der Waals surface area contributed by atoms with Crippen LogP contribution in [0.15, 0.2) is 40.1 Å². The molecule has 148 valence electrons. The fourth-order valence-electron chi connectivity index (χ4n) is 3.92. The molecule has 0 aliphatic carbocycles. The predicted octanol–water partition coefficient (Wildman–Crippen LogP) is 3.14. The number of fused-ring (bicyclic) bond motifs is 1. The summed E-state index contributed by atoms with van der Waals surface area (Å²) in [6, 6.07) is 7.85. The SMILES string of the molecule is CC(C)(C)n1ncc(N2CCC(n3c(=O)[nH]c4ccccc43)CC2)c(Cl)c1=O. The van der Waals surface area contributed by atoms with Crippen LogP contribution >= 0.6 is 11.6 Å². The average molecular weight is 402 g/mol. The fraction of sp³-hybridized carbons (Fsp3) is 0.450. The third-order valence-electron chi connectivity index (χ3n) is 5.33. The van der Waals surface area contributed by atoms with Gasteiger partial charge in [-0.2, -0.15) is 5.10 Å². The molecule has 8 heteroatoms. The Morgan fingerprint density at radius 2 is 1.82 bits per heavy atom. The number of hydrogen-bond donors (Lipinski definition) is 1. The van der Waals surface area contributed by atoms with Gasteiger partial charge in [-0.25, -0.2) is 9.48 Å². The zero-order valence-corrected chi connectivity index (χ0v) is 17.0. The zero-order valence-electron chi connectivity index (χ0n) is 16.3. The van der Waals surface area contributed by atoms with Crippen LogP contribution in [0.5, 0.6) is 0 Å².